The molecule has 1 unspecified atom stereocenters. The number of thioether (sulfide) groups is 1. The highest BCUT2D eigenvalue weighted by molar-refractivity contribution is 7.99. The van der Waals surface area contributed by atoms with Crippen molar-refractivity contribution < 1.29 is 9.90 Å². The number of aromatic carboxylic acids is 1. The van der Waals surface area contributed by atoms with Crippen molar-refractivity contribution in [1.82, 2.24) is 9.78 Å². The number of nitrogens with one attached hydrogen (secondary N) is 1. The van der Waals surface area contributed by atoms with Gasteiger partial charge in [-0.05, 0) is 25.5 Å². The summed E-state index contributed by atoms with van der Waals surface area (Å²) in [6.07, 6.45) is 2.28. The Morgan fingerprint density at radius 3 is 3.00 bits per heavy atom. The molecule has 1 aromatic rings. The summed E-state index contributed by atoms with van der Waals surface area (Å²) in [5.74, 6) is 1.95. The third-order valence-corrected chi connectivity index (χ3v) is 4.15. The Hall–Kier alpha value is -1.17. The van der Waals surface area contributed by atoms with Gasteiger partial charge in [0.15, 0.2) is 0 Å². The van der Waals surface area contributed by atoms with Crippen LogP contribution < -0.4 is 5.32 Å². The Kier molecular flexibility index (Phi) is 3.61. The van der Waals surface area contributed by atoms with E-state index in [0.29, 0.717) is 23.1 Å². The fourth-order valence-corrected chi connectivity index (χ4v) is 3.20. The monoisotopic (exact) mass is 255 g/mol. The number of hydrogen-bond acceptors (Lipinski definition) is 4. The molecule has 2 N–H and O–H groups in total. The predicted octanol–water partition coefficient (Wildman–Crippen LogP) is 1.73. The smallest absolute Gasteiger partial charge is 0.341 e. The van der Waals surface area contributed by atoms with Gasteiger partial charge in [-0.1, -0.05) is 0 Å². The van der Waals surface area contributed by atoms with Gasteiger partial charge in [-0.2, -0.15) is 16.9 Å². The van der Waals surface area contributed by atoms with E-state index in [-0.39, 0.29) is 0 Å². The van der Waals surface area contributed by atoms with Crippen molar-refractivity contribution in [3.8, 4) is 0 Å². The molecule has 1 saturated heterocycles. The van der Waals surface area contributed by atoms with Gasteiger partial charge in [0.05, 0.1) is 5.69 Å². The second-order valence-electron chi connectivity index (χ2n) is 4.30. The van der Waals surface area contributed by atoms with Crippen LogP contribution in [0.15, 0.2) is 0 Å². The molecule has 94 valence electrons. The van der Waals surface area contributed by atoms with Crippen LogP contribution in [0.1, 0.15) is 28.9 Å². The van der Waals surface area contributed by atoms with E-state index in [4.69, 9.17) is 0 Å². The topological polar surface area (TPSA) is 67.2 Å². The molecular weight excluding hydrogens is 238 g/mol. The van der Waals surface area contributed by atoms with Crippen LogP contribution in [0.3, 0.4) is 0 Å². The van der Waals surface area contributed by atoms with Crippen molar-refractivity contribution in [3.05, 3.63) is 11.3 Å². The highest BCUT2D eigenvalue weighted by atomic mass is 32.2. The van der Waals surface area contributed by atoms with Gasteiger partial charge in [-0.25, -0.2) is 4.79 Å². The lowest BCUT2D eigenvalue weighted by molar-refractivity contribution is 0.0697. The van der Waals surface area contributed by atoms with Crippen molar-refractivity contribution in [1.29, 1.82) is 0 Å². The molecule has 0 aromatic carbocycles. The maximum absolute atomic E-state index is 11.2. The predicted molar refractivity (Wildman–Crippen MR) is 68.9 cm³/mol. The van der Waals surface area contributed by atoms with E-state index in [1.807, 2.05) is 11.8 Å². The zero-order valence-corrected chi connectivity index (χ0v) is 10.9. The van der Waals surface area contributed by atoms with Crippen LogP contribution in [0.5, 0.6) is 0 Å². The summed E-state index contributed by atoms with van der Waals surface area (Å²) >= 11 is 1.91. The molecule has 5 nitrogen and oxygen atoms in total. The van der Waals surface area contributed by atoms with Crippen molar-refractivity contribution in [3.63, 3.8) is 0 Å². The number of carboxylic acid groups (broad SMARTS) is 1. The Morgan fingerprint density at radius 2 is 2.41 bits per heavy atom. The minimum Gasteiger partial charge on any atom is -0.477 e. The van der Waals surface area contributed by atoms with Gasteiger partial charge in [0.25, 0.3) is 0 Å². The van der Waals surface area contributed by atoms with Gasteiger partial charge < -0.3 is 10.4 Å². The molecule has 1 aliphatic heterocycles. The fraction of sp³-hybridized carbons (Fsp3) is 0.636. The Labute approximate surface area is 105 Å². The van der Waals surface area contributed by atoms with Crippen LogP contribution in [-0.4, -0.2) is 38.4 Å². The summed E-state index contributed by atoms with van der Waals surface area (Å²) in [6, 6.07) is 0.349. The van der Waals surface area contributed by atoms with Crippen LogP contribution in [0.2, 0.25) is 0 Å². The molecule has 1 aromatic heterocycles. The fourth-order valence-electron chi connectivity index (χ4n) is 2.13. The quantitative estimate of drug-likeness (QED) is 0.861. The maximum Gasteiger partial charge on any atom is 0.341 e. The average Bonchev–Trinajstić information content (AvgIpc) is 2.55. The van der Waals surface area contributed by atoms with Crippen LogP contribution in [0.25, 0.3) is 0 Å². The molecule has 0 amide bonds. The number of aromatic nitrogens is 2. The van der Waals surface area contributed by atoms with Crippen LogP contribution in [0.4, 0.5) is 5.82 Å². The molecule has 17 heavy (non-hydrogen) atoms. The molecule has 2 heterocycles. The standard InChI is InChI=1S/C11H17N3O2S/c1-7-9(11(15)16)10(14(2)13-7)12-8-4-3-5-17-6-8/h8,12H,3-6H2,1-2H3,(H,15,16). The summed E-state index contributed by atoms with van der Waals surface area (Å²) in [4.78, 5) is 11.2. The van der Waals surface area contributed by atoms with Crippen LogP contribution in [-0.2, 0) is 7.05 Å². The van der Waals surface area contributed by atoms with Gasteiger partial charge >= 0.3 is 5.97 Å². The average molecular weight is 255 g/mol. The van der Waals surface area contributed by atoms with Crippen molar-refractivity contribution >= 4 is 23.5 Å². The van der Waals surface area contributed by atoms with Crippen LogP contribution >= 0.6 is 11.8 Å². The largest absolute Gasteiger partial charge is 0.477 e. The second kappa shape index (κ2) is 5.00. The summed E-state index contributed by atoms with van der Waals surface area (Å²) in [6.45, 7) is 1.73. The van der Waals surface area contributed by atoms with E-state index in [1.165, 1.54) is 12.2 Å². The highest BCUT2D eigenvalue weighted by Gasteiger charge is 2.22. The van der Waals surface area contributed by atoms with Crippen molar-refractivity contribution in [2.45, 2.75) is 25.8 Å². The van der Waals surface area contributed by atoms with Gasteiger partial charge in [-0.15, -0.1) is 0 Å². The van der Waals surface area contributed by atoms with E-state index < -0.39 is 5.97 Å². The molecular formula is C11H17N3O2S. The first-order valence-electron chi connectivity index (χ1n) is 5.70. The zero-order chi connectivity index (χ0) is 12.4. The number of rotatable bonds is 3. The molecule has 6 heteroatoms. The molecule has 1 fully saturated rings. The maximum atomic E-state index is 11.2. The summed E-state index contributed by atoms with van der Waals surface area (Å²) in [5, 5.41) is 16.7. The third kappa shape index (κ3) is 2.57. The molecule has 1 atom stereocenters. The van der Waals surface area contributed by atoms with Gasteiger partial charge in [0, 0.05) is 18.8 Å². The SMILES string of the molecule is Cc1nn(C)c(NC2CCCSC2)c1C(=O)O. The molecule has 0 bridgehead atoms. The molecule has 0 saturated carbocycles. The van der Waals surface area contributed by atoms with E-state index in [2.05, 4.69) is 10.4 Å². The number of carbonyl (C=O) groups is 1. The molecule has 1 aliphatic rings. The van der Waals surface area contributed by atoms with E-state index in [1.54, 1.807) is 18.7 Å². The summed E-state index contributed by atoms with van der Waals surface area (Å²) < 4.78 is 1.62. The number of aryl methyl sites for hydroxylation is 2. The highest BCUT2D eigenvalue weighted by Crippen LogP contribution is 2.24. The number of anilines is 1. The lowest BCUT2D eigenvalue weighted by Gasteiger charge is -2.23. The lowest BCUT2D eigenvalue weighted by atomic mass is 10.1. The Bertz CT molecular complexity index is 425. The lowest BCUT2D eigenvalue weighted by Crippen LogP contribution is -2.27. The minimum atomic E-state index is -0.915. The number of carboxylic acids is 1. The molecule has 0 spiro atoms. The van der Waals surface area contributed by atoms with E-state index in [9.17, 15) is 9.90 Å². The van der Waals surface area contributed by atoms with Crippen molar-refractivity contribution in [2.75, 3.05) is 16.8 Å². The first kappa shape index (κ1) is 12.3. The van der Waals surface area contributed by atoms with Gasteiger partial charge in [0.1, 0.15) is 11.4 Å². The molecule has 0 radical (unpaired) electrons. The van der Waals surface area contributed by atoms with Crippen molar-refractivity contribution in [2.24, 2.45) is 7.05 Å². The normalized spacial score (nSPS) is 20.2. The first-order valence-corrected chi connectivity index (χ1v) is 6.86. The first-order chi connectivity index (χ1) is 8.09. The van der Waals surface area contributed by atoms with Gasteiger partial charge in [0.2, 0.25) is 0 Å². The molecule has 0 aliphatic carbocycles. The summed E-state index contributed by atoms with van der Waals surface area (Å²) in [5.41, 5.74) is 0.856. The van der Waals surface area contributed by atoms with Crippen LogP contribution in [0, 0.1) is 6.92 Å². The van der Waals surface area contributed by atoms with E-state index >= 15 is 0 Å². The number of nitrogens with zero attached hydrogens (tertiary/aromatic N) is 2. The molecule has 2 rings (SSSR count). The number of hydrogen-bond donors (Lipinski definition) is 2. The van der Waals surface area contributed by atoms with E-state index in [0.717, 1.165) is 12.2 Å². The second-order valence-corrected chi connectivity index (χ2v) is 5.45. The Balaban J connectivity index is 2.21. The third-order valence-electron chi connectivity index (χ3n) is 2.94. The summed E-state index contributed by atoms with van der Waals surface area (Å²) in [7, 11) is 1.78. The minimum absolute atomic E-state index is 0.295. The van der Waals surface area contributed by atoms with Gasteiger partial charge in [-0.3, -0.25) is 4.68 Å². The Morgan fingerprint density at radius 1 is 1.65 bits per heavy atom. The zero-order valence-electron chi connectivity index (χ0n) is 10.1.